The van der Waals surface area contributed by atoms with Crippen molar-refractivity contribution in [2.75, 3.05) is 38.8 Å². The summed E-state index contributed by atoms with van der Waals surface area (Å²) in [6.07, 6.45) is 0.350. The van der Waals surface area contributed by atoms with Crippen molar-refractivity contribution in [3.05, 3.63) is 47.5 Å². The number of amides is 3. The molecule has 196 valence electrons. The number of rotatable bonds is 8. The van der Waals surface area contributed by atoms with Gasteiger partial charge in [-0.1, -0.05) is 19.1 Å². The number of alkyl carbamates (subject to hydrolysis) is 1. The Bertz CT molecular complexity index is 1080. The average Bonchev–Trinajstić information content (AvgIpc) is 2.83. The van der Waals surface area contributed by atoms with Gasteiger partial charge < -0.3 is 29.5 Å². The lowest BCUT2D eigenvalue weighted by Gasteiger charge is -2.36. The van der Waals surface area contributed by atoms with Gasteiger partial charge in [-0.15, -0.1) is 0 Å². The van der Waals surface area contributed by atoms with Gasteiger partial charge in [-0.05, 0) is 56.9 Å². The van der Waals surface area contributed by atoms with E-state index in [9.17, 15) is 14.7 Å². The van der Waals surface area contributed by atoms with Gasteiger partial charge in [0.2, 0.25) is 0 Å². The third kappa shape index (κ3) is 6.74. The van der Waals surface area contributed by atoms with Gasteiger partial charge in [-0.2, -0.15) is 0 Å². The molecule has 36 heavy (non-hydrogen) atoms. The number of phenols is 1. The number of nitrogens with one attached hydrogen (secondary N) is 1. The fraction of sp³-hybridized carbons (Fsp3) is 0.481. The highest BCUT2D eigenvalue weighted by Gasteiger charge is 2.28. The molecule has 1 unspecified atom stereocenters. The van der Waals surface area contributed by atoms with E-state index in [1.165, 1.54) is 7.11 Å². The highest BCUT2D eigenvalue weighted by Crippen LogP contribution is 2.33. The van der Waals surface area contributed by atoms with Crippen LogP contribution in [0.25, 0.3) is 0 Å². The van der Waals surface area contributed by atoms with Gasteiger partial charge in [0.1, 0.15) is 11.4 Å². The van der Waals surface area contributed by atoms with E-state index >= 15 is 0 Å². The highest BCUT2D eigenvalue weighted by molar-refractivity contribution is 5.93. The van der Waals surface area contributed by atoms with Crippen LogP contribution in [0.2, 0.25) is 0 Å². The zero-order valence-electron chi connectivity index (χ0n) is 22.0. The number of carbonyl (C=O) groups excluding carboxylic acids is 2. The monoisotopic (exact) mass is 499 g/mol. The molecule has 0 bridgehead atoms. The van der Waals surface area contributed by atoms with E-state index in [0.29, 0.717) is 43.4 Å². The molecule has 3 amide bonds. The van der Waals surface area contributed by atoms with Crippen LogP contribution in [0.5, 0.6) is 17.2 Å². The van der Waals surface area contributed by atoms with Gasteiger partial charge in [0, 0.05) is 37.0 Å². The number of phenolic OH excluding ortho intramolecular Hbond substituents is 1. The van der Waals surface area contributed by atoms with Crippen molar-refractivity contribution in [2.24, 2.45) is 0 Å². The number of urea groups is 1. The first-order valence-corrected chi connectivity index (χ1v) is 12.1. The first-order chi connectivity index (χ1) is 17.0. The van der Waals surface area contributed by atoms with Crippen molar-refractivity contribution in [2.45, 2.75) is 52.2 Å². The summed E-state index contributed by atoms with van der Waals surface area (Å²) in [5, 5.41) is 12.9. The maximum absolute atomic E-state index is 13.3. The number of hydrogen-bond donors (Lipinski definition) is 2. The fourth-order valence-corrected chi connectivity index (χ4v) is 4.09. The van der Waals surface area contributed by atoms with Crippen molar-refractivity contribution in [1.29, 1.82) is 0 Å². The van der Waals surface area contributed by atoms with Gasteiger partial charge >= 0.3 is 12.1 Å². The predicted molar refractivity (Wildman–Crippen MR) is 138 cm³/mol. The highest BCUT2D eigenvalue weighted by atomic mass is 16.6. The molecule has 1 saturated heterocycles. The summed E-state index contributed by atoms with van der Waals surface area (Å²) in [4.78, 5) is 28.7. The maximum Gasteiger partial charge on any atom is 0.407 e. The number of ether oxygens (including phenoxy) is 3. The number of aromatic hydroxyl groups is 1. The van der Waals surface area contributed by atoms with E-state index in [4.69, 9.17) is 14.2 Å². The second-order valence-corrected chi connectivity index (χ2v) is 9.92. The number of carbonyl (C=O) groups is 2. The number of methoxy groups -OCH3 is 2. The standard InChI is InChI=1S/C27H37N3O6/c1-18(16-28-25(32)36-27(2,3)4)19-8-9-20(24(14-19)35-6)17-29-12-7-13-30(26(29)33)21-10-11-23(34-5)22(31)15-21/h8-11,14-15,18,31H,7,12-13,16-17H2,1-6H3,(H,28,32). The predicted octanol–water partition coefficient (Wildman–Crippen LogP) is 4.87. The Hall–Kier alpha value is -3.62. The lowest BCUT2D eigenvalue weighted by molar-refractivity contribution is 0.0525. The van der Waals surface area contributed by atoms with E-state index in [1.54, 1.807) is 35.1 Å². The first-order valence-electron chi connectivity index (χ1n) is 12.1. The number of hydrogen-bond acceptors (Lipinski definition) is 6. The Morgan fingerprint density at radius 3 is 2.44 bits per heavy atom. The summed E-state index contributed by atoms with van der Waals surface area (Å²) in [6.45, 7) is 9.50. The quantitative estimate of drug-likeness (QED) is 0.538. The largest absolute Gasteiger partial charge is 0.504 e. The molecule has 2 aromatic rings. The second kappa shape index (κ2) is 11.4. The lowest BCUT2D eigenvalue weighted by atomic mass is 9.98. The SMILES string of the molecule is COc1ccc(N2CCCN(Cc3ccc(C(C)CNC(=O)OC(C)(C)C)cc3OC)C2=O)cc1O. The summed E-state index contributed by atoms with van der Waals surface area (Å²) in [7, 11) is 3.09. The maximum atomic E-state index is 13.3. The van der Waals surface area contributed by atoms with Crippen LogP contribution < -0.4 is 19.7 Å². The van der Waals surface area contributed by atoms with Crippen LogP contribution in [0.3, 0.4) is 0 Å². The molecule has 0 radical (unpaired) electrons. The molecule has 9 heteroatoms. The molecule has 0 saturated carbocycles. The normalized spacial score (nSPS) is 14.9. The van der Waals surface area contributed by atoms with Crippen molar-refractivity contribution in [1.82, 2.24) is 10.2 Å². The van der Waals surface area contributed by atoms with Crippen LogP contribution in [-0.2, 0) is 11.3 Å². The zero-order valence-corrected chi connectivity index (χ0v) is 22.0. The molecule has 1 atom stereocenters. The summed E-state index contributed by atoms with van der Waals surface area (Å²) in [5.41, 5.74) is 1.97. The van der Waals surface area contributed by atoms with Crippen LogP contribution in [0, 0.1) is 0 Å². The Labute approximate surface area is 212 Å². The summed E-state index contributed by atoms with van der Waals surface area (Å²) >= 11 is 0. The van der Waals surface area contributed by atoms with Crippen molar-refractivity contribution in [3.8, 4) is 17.2 Å². The molecular formula is C27H37N3O6. The second-order valence-electron chi connectivity index (χ2n) is 9.92. The lowest BCUT2D eigenvalue weighted by Crippen LogP contribution is -2.49. The van der Waals surface area contributed by atoms with Gasteiger partial charge in [0.25, 0.3) is 0 Å². The van der Waals surface area contributed by atoms with Crippen LogP contribution in [0.15, 0.2) is 36.4 Å². The summed E-state index contributed by atoms with van der Waals surface area (Å²) < 4.78 is 16.1. The van der Waals surface area contributed by atoms with Crippen LogP contribution >= 0.6 is 0 Å². The molecule has 0 aromatic heterocycles. The minimum Gasteiger partial charge on any atom is -0.504 e. The minimum atomic E-state index is -0.548. The fourth-order valence-electron chi connectivity index (χ4n) is 4.09. The number of nitrogens with zero attached hydrogens (tertiary/aromatic N) is 2. The van der Waals surface area contributed by atoms with E-state index in [1.807, 2.05) is 45.9 Å². The van der Waals surface area contributed by atoms with E-state index < -0.39 is 11.7 Å². The molecule has 1 fully saturated rings. The molecule has 2 aromatic carbocycles. The number of benzene rings is 2. The molecule has 9 nitrogen and oxygen atoms in total. The topological polar surface area (TPSA) is 101 Å². The molecule has 1 aliphatic heterocycles. The van der Waals surface area contributed by atoms with Crippen molar-refractivity contribution < 1.29 is 28.9 Å². The molecule has 3 rings (SSSR count). The van der Waals surface area contributed by atoms with Crippen LogP contribution in [0.1, 0.15) is 51.2 Å². The molecule has 1 heterocycles. The average molecular weight is 500 g/mol. The van der Waals surface area contributed by atoms with Crippen LogP contribution in [0.4, 0.5) is 15.3 Å². The van der Waals surface area contributed by atoms with Gasteiger partial charge in [0.05, 0.1) is 20.8 Å². The third-order valence-electron chi connectivity index (χ3n) is 5.98. The number of anilines is 1. The van der Waals surface area contributed by atoms with Gasteiger partial charge in [-0.25, -0.2) is 9.59 Å². The summed E-state index contributed by atoms with van der Waals surface area (Å²) in [5.74, 6) is 1.08. The van der Waals surface area contributed by atoms with E-state index in [-0.39, 0.29) is 17.7 Å². The van der Waals surface area contributed by atoms with E-state index in [2.05, 4.69) is 5.32 Å². The Balaban J connectivity index is 1.68. The third-order valence-corrected chi connectivity index (χ3v) is 5.98. The van der Waals surface area contributed by atoms with Crippen LogP contribution in [-0.4, -0.2) is 61.6 Å². The smallest absolute Gasteiger partial charge is 0.407 e. The molecule has 0 spiro atoms. The van der Waals surface area contributed by atoms with Gasteiger partial charge in [0.15, 0.2) is 11.5 Å². The molecule has 1 aliphatic rings. The Kier molecular flexibility index (Phi) is 8.55. The Morgan fingerprint density at radius 1 is 1.08 bits per heavy atom. The minimum absolute atomic E-state index is 0.00698. The zero-order chi connectivity index (χ0) is 26.5. The van der Waals surface area contributed by atoms with Crippen molar-refractivity contribution in [3.63, 3.8) is 0 Å². The molecule has 2 N–H and O–H groups in total. The Morgan fingerprint density at radius 2 is 1.81 bits per heavy atom. The molecule has 0 aliphatic carbocycles. The molecular weight excluding hydrogens is 462 g/mol. The first kappa shape index (κ1) is 27.0. The van der Waals surface area contributed by atoms with Gasteiger partial charge in [-0.3, -0.25) is 4.90 Å². The van der Waals surface area contributed by atoms with E-state index in [0.717, 1.165) is 17.5 Å². The summed E-state index contributed by atoms with van der Waals surface area (Å²) in [6, 6.07) is 10.7. The van der Waals surface area contributed by atoms with Crippen molar-refractivity contribution >= 4 is 17.8 Å².